The third-order valence-electron chi connectivity index (χ3n) is 5.34. The molecule has 1 fully saturated rings. The fourth-order valence-corrected chi connectivity index (χ4v) is 3.47. The summed E-state index contributed by atoms with van der Waals surface area (Å²) in [6.07, 6.45) is 7.31. The SMILES string of the molecule is CC1CCN(Cc2c(C(=O)N/N=C/C=C/c3ccccc3)nnn2-c2nonc2N)CC1. The standard InChI is InChI=1S/C21H25N9O2/c1-15-9-12-29(13-10-15)14-17-18(24-28-30(17)20-19(22)26-32-27-20)21(31)25-23-11-5-8-16-6-3-2-4-7-16/h2-8,11,15H,9-10,12-14H2,1H3,(H2,22,26)(H,25,31)/b8-5+,23-11+. The van der Waals surface area contributed by atoms with Crippen LogP contribution in [0.2, 0.25) is 0 Å². The number of nitrogens with one attached hydrogen (secondary N) is 1. The fourth-order valence-electron chi connectivity index (χ4n) is 3.47. The fraction of sp³-hybridized carbons (Fsp3) is 0.333. The minimum atomic E-state index is -0.476. The summed E-state index contributed by atoms with van der Waals surface area (Å²) in [6, 6.07) is 9.79. The summed E-state index contributed by atoms with van der Waals surface area (Å²) in [6.45, 7) is 4.55. The molecule has 3 aromatic rings. The van der Waals surface area contributed by atoms with E-state index in [9.17, 15) is 4.79 Å². The Morgan fingerprint density at radius 3 is 2.78 bits per heavy atom. The largest absolute Gasteiger partial charge is 0.378 e. The van der Waals surface area contributed by atoms with Gasteiger partial charge in [0.2, 0.25) is 11.6 Å². The highest BCUT2D eigenvalue weighted by atomic mass is 16.6. The number of amides is 1. The minimum Gasteiger partial charge on any atom is -0.378 e. The van der Waals surface area contributed by atoms with Crippen LogP contribution in [0.15, 0.2) is 46.1 Å². The number of nitrogens with zero attached hydrogens (tertiary/aromatic N) is 7. The van der Waals surface area contributed by atoms with Gasteiger partial charge in [-0.2, -0.15) is 9.78 Å². The zero-order valence-electron chi connectivity index (χ0n) is 17.8. The van der Waals surface area contributed by atoms with E-state index in [0.29, 0.717) is 18.2 Å². The number of benzene rings is 1. The number of hydrazone groups is 1. The van der Waals surface area contributed by atoms with Gasteiger partial charge >= 0.3 is 0 Å². The van der Waals surface area contributed by atoms with Gasteiger partial charge in [0, 0.05) is 12.8 Å². The molecule has 0 bridgehead atoms. The molecule has 1 amide bonds. The van der Waals surface area contributed by atoms with Crippen LogP contribution in [0.4, 0.5) is 5.82 Å². The van der Waals surface area contributed by atoms with Gasteiger partial charge < -0.3 is 5.73 Å². The number of nitrogens with two attached hydrogens (primary N) is 1. The molecule has 0 radical (unpaired) electrons. The number of allylic oxidation sites excluding steroid dienone is 1. The van der Waals surface area contributed by atoms with Crippen LogP contribution in [0.1, 0.15) is 41.5 Å². The molecule has 0 atom stereocenters. The van der Waals surface area contributed by atoms with Crippen LogP contribution in [0.5, 0.6) is 0 Å². The molecule has 3 heterocycles. The van der Waals surface area contributed by atoms with E-state index >= 15 is 0 Å². The molecular weight excluding hydrogens is 410 g/mol. The van der Waals surface area contributed by atoms with Crippen molar-refractivity contribution in [2.45, 2.75) is 26.3 Å². The molecule has 0 saturated carbocycles. The molecule has 3 N–H and O–H groups in total. The summed E-state index contributed by atoms with van der Waals surface area (Å²) in [5.41, 5.74) is 10.1. The van der Waals surface area contributed by atoms with Crippen molar-refractivity contribution in [1.82, 2.24) is 35.6 Å². The second-order valence-electron chi connectivity index (χ2n) is 7.72. The van der Waals surface area contributed by atoms with Crippen molar-refractivity contribution >= 4 is 24.0 Å². The maximum Gasteiger partial charge on any atom is 0.293 e. The predicted molar refractivity (Wildman–Crippen MR) is 119 cm³/mol. The third-order valence-corrected chi connectivity index (χ3v) is 5.34. The Balaban J connectivity index is 1.50. The summed E-state index contributed by atoms with van der Waals surface area (Å²) in [7, 11) is 0. The van der Waals surface area contributed by atoms with E-state index in [4.69, 9.17) is 10.4 Å². The minimum absolute atomic E-state index is 0.0689. The Labute approximate surface area is 184 Å². The van der Waals surface area contributed by atoms with Crippen molar-refractivity contribution in [3.8, 4) is 5.82 Å². The Bertz CT molecular complexity index is 1100. The third kappa shape index (κ3) is 5.06. The highest BCUT2D eigenvalue weighted by molar-refractivity contribution is 5.94. The maximum absolute atomic E-state index is 12.8. The van der Waals surface area contributed by atoms with Gasteiger partial charge in [-0.05, 0) is 53.8 Å². The van der Waals surface area contributed by atoms with E-state index in [1.54, 1.807) is 6.08 Å². The van der Waals surface area contributed by atoms with Gasteiger partial charge in [0.1, 0.15) is 0 Å². The van der Waals surface area contributed by atoms with E-state index in [2.05, 4.69) is 43.0 Å². The van der Waals surface area contributed by atoms with E-state index in [-0.39, 0.29) is 17.3 Å². The second kappa shape index (κ2) is 9.96. The van der Waals surface area contributed by atoms with Crippen LogP contribution in [0.25, 0.3) is 11.9 Å². The first kappa shape index (κ1) is 21.4. The number of likely N-dealkylation sites (tertiary alicyclic amines) is 1. The monoisotopic (exact) mass is 435 g/mol. The van der Waals surface area contributed by atoms with Gasteiger partial charge in [-0.1, -0.05) is 48.5 Å². The molecule has 1 aliphatic heterocycles. The summed E-state index contributed by atoms with van der Waals surface area (Å²) in [5.74, 6) is 0.479. The van der Waals surface area contributed by atoms with Gasteiger partial charge in [0.25, 0.3) is 5.91 Å². The molecule has 4 rings (SSSR count). The number of hydrogen-bond acceptors (Lipinski definition) is 9. The number of hydrogen-bond donors (Lipinski definition) is 2. The lowest BCUT2D eigenvalue weighted by molar-refractivity contribution is 0.0947. The molecule has 32 heavy (non-hydrogen) atoms. The van der Waals surface area contributed by atoms with Crippen molar-refractivity contribution in [3.05, 3.63) is 53.4 Å². The van der Waals surface area contributed by atoms with Crippen LogP contribution >= 0.6 is 0 Å². The highest BCUT2D eigenvalue weighted by Crippen LogP contribution is 2.21. The van der Waals surface area contributed by atoms with Gasteiger partial charge in [-0.15, -0.1) is 5.10 Å². The van der Waals surface area contributed by atoms with Crippen molar-refractivity contribution < 1.29 is 9.42 Å². The Hall–Kier alpha value is -3.86. The molecule has 0 aliphatic carbocycles. The number of aromatic nitrogens is 5. The number of carbonyl (C=O) groups is 1. The van der Waals surface area contributed by atoms with Crippen molar-refractivity contribution in [3.63, 3.8) is 0 Å². The molecular formula is C21H25N9O2. The van der Waals surface area contributed by atoms with Crippen molar-refractivity contribution in [2.24, 2.45) is 11.0 Å². The lowest BCUT2D eigenvalue weighted by Gasteiger charge is -2.30. The molecule has 1 aliphatic rings. The van der Waals surface area contributed by atoms with Crippen LogP contribution in [0, 0.1) is 5.92 Å². The molecule has 1 aromatic carbocycles. The number of anilines is 1. The number of carbonyl (C=O) groups excluding carboxylic acids is 1. The zero-order chi connectivity index (χ0) is 22.3. The first-order chi connectivity index (χ1) is 15.6. The summed E-state index contributed by atoms with van der Waals surface area (Å²) >= 11 is 0. The van der Waals surface area contributed by atoms with Gasteiger partial charge in [-0.25, -0.2) is 10.1 Å². The molecule has 166 valence electrons. The van der Waals surface area contributed by atoms with E-state index in [1.165, 1.54) is 10.9 Å². The van der Waals surface area contributed by atoms with Gasteiger partial charge in [0.05, 0.1) is 5.69 Å². The smallest absolute Gasteiger partial charge is 0.293 e. The molecule has 2 aromatic heterocycles. The average Bonchev–Trinajstić information content (AvgIpc) is 3.41. The molecule has 1 saturated heterocycles. The molecule has 11 nitrogen and oxygen atoms in total. The molecule has 11 heteroatoms. The highest BCUT2D eigenvalue weighted by Gasteiger charge is 2.26. The predicted octanol–water partition coefficient (Wildman–Crippen LogP) is 1.89. The van der Waals surface area contributed by atoms with Gasteiger partial charge in [0.15, 0.2) is 5.69 Å². The van der Waals surface area contributed by atoms with Crippen LogP contribution < -0.4 is 11.2 Å². The Morgan fingerprint density at radius 2 is 2.06 bits per heavy atom. The Morgan fingerprint density at radius 1 is 1.28 bits per heavy atom. The number of rotatable bonds is 7. The number of piperidine rings is 1. The van der Waals surface area contributed by atoms with E-state index in [1.807, 2.05) is 36.4 Å². The maximum atomic E-state index is 12.8. The average molecular weight is 435 g/mol. The van der Waals surface area contributed by atoms with E-state index < -0.39 is 5.91 Å². The Kier molecular flexibility index (Phi) is 6.66. The van der Waals surface area contributed by atoms with Crippen LogP contribution in [-0.2, 0) is 6.54 Å². The second-order valence-corrected chi connectivity index (χ2v) is 7.72. The first-order valence-corrected chi connectivity index (χ1v) is 10.4. The lowest BCUT2D eigenvalue weighted by Crippen LogP contribution is -2.34. The zero-order valence-corrected chi connectivity index (χ0v) is 17.8. The first-order valence-electron chi connectivity index (χ1n) is 10.4. The summed E-state index contributed by atoms with van der Waals surface area (Å²) < 4.78 is 6.10. The summed E-state index contributed by atoms with van der Waals surface area (Å²) in [4.78, 5) is 15.0. The molecule has 0 unspecified atom stereocenters. The summed E-state index contributed by atoms with van der Waals surface area (Å²) in [5, 5.41) is 19.5. The quantitative estimate of drug-likeness (QED) is 0.423. The number of nitrogen functional groups attached to an aromatic ring is 1. The lowest BCUT2D eigenvalue weighted by atomic mass is 9.99. The van der Waals surface area contributed by atoms with E-state index in [0.717, 1.165) is 31.5 Å². The normalized spacial score (nSPS) is 15.7. The van der Waals surface area contributed by atoms with Gasteiger partial charge in [-0.3, -0.25) is 9.69 Å². The van der Waals surface area contributed by atoms with Crippen molar-refractivity contribution in [1.29, 1.82) is 0 Å². The van der Waals surface area contributed by atoms with Crippen LogP contribution in [-0.4, -0.2) is 55.4 Å². The molecule has 0 spiro atoms. The van der Waals surface area contributed by atoms with Crippen molar-refractivity contribution in [2.75, 3.05) is 18.8 Å². The topological polar surface area (TPSA) is 140 Å². The van der Waals surface area contributed by atoms with Crippen LogP contribution in [0.3, 0.4) is 0 Å².